The van der Waals surface area contributed by atoms with Crippen molar-refractivity contribution >= 4 is 23.8 Å². The first kappa shape index (κ1) is 14.1. The van der Waals surface area contributed by atoms with E-state index in [1.54, 1.807) is 0 Å². The molecule has 1 fully saturated rings. The summed E-state index contributed by atoms with van der Waals surface area (Å²) in [5, 5.41) is 23.0. The van der Waals surface area contributed by atoms with Gasteiger partial charge in [-0.1, -0.05) is 0 Å². The Morgan fingerprint density at radius 2 is 1.94 bits per heavy atom. The van der Waals surface area contributed by atoms with E-state index in [0.29, 0.717) is 0 Å². The largest absolute Gasteiger partial charge is 0.480 e. The van der Waals surface area contributed by atoms with Gasteiger partial charge in [0.25, 0.3) is 0 Å². The van der Waals surface area contributed by atoms with Crippen LogP contribution in [0, 0.1) is 0 Å². The molecule has 1 rings (SSSR count). The Hall–Kier alpha value is -0.950. The van der Waals surface area contributed by atoms with Gasteiger partial charge in [0.15, 0.2) is 6.04 Å². The van der Waals surface area contributed by atoms with E-state index in [9.17, 15) is 14.7 Å². The average molecular weight is 262 g/mol. The van der Waals surface area contributed by atoms with Gasteiger partial charge in [0.2, 0.25) is 0 Å². The third-order valence-corrected chi connectivity index (χ3v) is 3.64. The van der Waals surface area contributed by atoms with Crippen LogP contribution in [-0.2, 0) is 4.79 Å². The predicted molar refractivity (Wildman–Crippen MR) is 65.1 cm³/mol. The lowest BCUT2D eigenvalue weighted by Crippen LogP contribution is -2.53. The van der Waals surface area contributed by atoms with Gasteiger partial charge in [0, 0.05) is 6.04 Å². The molecule has 98 valence electrons. The summed E-state index contributed by atoms with van der Waals surface area (Å²) in [5.41, 5.74) is 0. The number of carboxylic acid groups (broad SMARTS) is 1. The molecule has 0 bridgehead atoms. The number of thioether (sulfide) groups is 1. The molecule has 6 nitrogen and oxygen atoms in total. The molecular formula is C10H18N2O4S. The fourth-order valence-corrected chi connectivity index (χ4v) is 2.71. The van der Waals surface area contributed by atoms with Crippen LogP contribution < -0.4 is 10.6 Å². The van der Waals surface area contributed by atoms with Gasteiger partial charge in [-0.2, -0.15) is 11.8 Å². The fraction of sp³-hybridized carbons (Fsp3) is 0.800. The SMILES string of the molecule is CC(O)C(NC(=O)NC1CCSCC1)C(=O)O. The number of carbonyl (C=O) groups is 2. The quantitative estimate of drug-likeness (QED) is 0.572. The Kier molecular flexibility index (Phi) is 5.57. The maximum atomic E-state index is 11.5. The minimum Gasteiger partial charge on any atom is -0.480 e. The standard InChI is InChI=1S/C10H18N2O4S/c1-6(13)8(9(14)15)12-10(16)11-7-2-4-17-5-3-7/h6-8,13H,2-5H2,1H3,(H,14,15)(H2,11,12,16). The number of nitrogens with one attached hydrogen (secondary N) is 2. The second-order valence-electron chi connectivity index (χ2n) is 4.06. The second kappa shape index (κ2) is 6.70. The van der Waals surface area contributed by atoms with Crippen molar-refractivity contribution in [2.75, 3.05) is 11.5 Å². The molecule has 2 unspecified atom stereocenters. The van der Waals surface area contributed by atoms with Crippen LogP contribution in [-0.4, -0.2) is 51.9 Å². The Labute approximate surface area is 104 Å². The molecule has 1 aliphatic heterocycles. The summed E-state index contributed by atoms with van der Waals surface area (Å²) < 4.78 is 0. The minimum absolute atomic E-state index is 0.0969. The van der Waals surface area contributed by atoms with Crippen molar-refractivity contribution in [3.05, 3.63) is 0 Å². The van der Waals surface area contributed by atoms with Crippen LogP contribution in [0.25, 0.3) is 0 Å². The summed E-state index contributed by atoms with van der Waals surface area (Å²) >= 11 is 1.84. The van der Waals surface area contributed by atoms with Crippen LogP contribution in [0.2, 0.25) is 0 Å². The number of carbonyl (C=O) groups excluding carboxylic acids is 1. The number of aliphatic hydroxyl groups is 1. The molecule has 0 radical (unpaired) electrons. The van der Waals surface area contributed by atoms with E-state index in [4.69, 9.17) is 5.11 Å². The summed E-state index contributed by atoms with van der Waals surface area (Å²) in [6.45, 7) is 1.33. The van der Waals surface area contributed by atoms with Crippen molar-refractivity contribution in [1.82, 2.24) is 10.6 Å². The first-order valence-electron chi connectivity index (χ1n) is 5.56. The molecule has 0 spiro atoms. The number of aliphatic carboxylic acids is 1. The van der Waals surface area contributed by atoms with Crippen molar-refractivity contribution in [2.45, 2.75) is 38.0 Å². The topological polar surface area (TPSA) is 98.7 Å². The monoisotopic (exact) mass is 262 g/mol. The van der Waals surface area contributed by atoms with E-state index in [0.717, 1.165) is 24.3 Å². The zero-order valence-electron chi connectivity index (χ0n) is 9.68. The highest BCUT2D eigenvalue weighted by Gasteiger charge is 2.26. The molecule has 1 saturated heterocycles. The van der Waals surface area contributed by atoms with E-state index in [1.165, 1.54) is 6.92 Å². The molecule has 2 atom stereocenters. The van der Waals surface area contributed by atoms with Gasteiger partial charge in [-0.25, -0.2) is 9.59 Å². The highest BCUT2D eigenvalue weighted by molar-refractivity contribution is 7.99. The third-order valence-electron chi connectivity index (χ3n) is 2.59. The molecule has 0 aromatic heterocycles. The van der Waals surface area contributed by atoms with Crippen LogP contribution in [0.5, 0.6) is 0 Å². The number of hydrogen-bond acceptors (Lipinski definition) is 4. The highest BCUT2D eigenvalue weighted by Crippen LogP contribution is 2.16. The molecule has 17 heavy (non-hydrogen) atoms. The third kappa shape index (κ3) is 4.82. The zero-order valence-corrected chi connectivity index (χ0v) is 10.5. The maximum absolute atomic E-state index is 11.5. The number of carboxylic acids is 1. The van der Waals surface area contributed by atoms with Crippen LogP contribution in [0.15, 0.2) is 0 Å². The molecular weight excluding hydrogens is 244 g/mol. The Bertz CT molecular complexity index is 279. The van der Waals surface area contributed by atoms with Crippen LogP contribution in [0.3, 0.4) is 0 Å². The minimum atomic E-state index is -1.27. The lowest BCUT2D eigenvalue weighted by atomic mass is 10.1. The number of urea groups is 1. The van der Waals surface area contributed by atoms with Gasteiger partial charge in [-0.05, 0) is 31.3 Å². The van der Waals surface area contributed by atoms with Crippen molar-refractivity contribution in [1.29, 1.82) is 0 Å². The summed E-state index contributed by atoms with van der Waals surface area (Å²) in [5.74, 6) is 0.766. The van der Waals surface area contributed by atoms with Gasteiger partial charge < -0.3 is 20.8 Å². The lowest BCUT2D eigenvalue weighted by Gasteiger charge is -2.24. The van der Waals surface area contributed by atoms with E-state index in [-0.39, 0.29) is 6.04 Å². The van der Waals surface area contributed by atoms with E-state index in [2.05, 4.69) is 10.6 Å². The first-order valence-corrected chi connectivity index (χ1v) is 6.72. The molecule has 1 aliphatic rings. The Balaban J connectivity index is 2.38. The number of aliphatic hydroxyl groups excluding tert-OH is 1. The Morgan fingerprint density at radius 3 is 2.41 bits per heavy atom. The molecule has 2 amide bonds. The van der Waals surface area contributed by atoms with Crippen LogP contribution in [0.1, 0.15) is 19.8 Å². The lowest BCUT2D eigenvalue weighted by molar-refractivity contribution is -0.141. The normalized spacial score (nSPS) is 20.4. The maximum Gasteiger partial charge on any atom is 0.328 e. The predicted octanol–water partition coefficient (Wildman–Crippen LogP) is 0.0152. The fourth-order valence-electron chi connectivity index (χ4n) is 1.60. The van der Waals surface area contributed by atoms with E-state index >= 15 is 0 Å². The van der Waals surface area contributed by atoms with E-state index in [1.807, 2.05) is 11.8 Å². The molecule has 0 aromatic carbocycles. The van der Waals surface area contributed by atoms with Crippen molar-refractivity contribution < 1.29 is 19.8 Å². The van der Waals surface area contributed by atoms with Crippen LogP contribution in [0.4, 0.5) is 4.79 Å². The summed E-state index contributed by atoms with van der Waals surface area (Å²) in [6.07, 6.45) is 0.662. The number of rotatable bonds is 4. The molecule has 0 aromatic rings. The van der Waals surface area contributed by atoms with Crippen molar-refractivity contribution in [2.24, 2.45) is 0 Å². The number of amides is 2. The van der Waals surface area contributed by atoms with Crippen molar-refractivity contribution in [3.8, 4) is 0 Å². The second-order valence-corrected chi connectivity index (χ2v) is 5.29. The molecule has 1 heterocycles. The average Bonchev–Trinajstić information content (AvgIpc) is 2.26. The van der Waals surface area contributed by atoms with Gasteiger partial charge >= 0.3 is 12.0 Å². The molecule has 0 aliphatic carbocycles. The highest BCUT2D eigenvalue weighted by atomic mass is 32.2. The molecule has 7 heteroatoms. The molecule has 0 saturated carbocycles. The Morgan fingerprint density at radius 1 is 1.35 bits per heavy atom. The zero-order chi connectivity index (χ0) is 12.8. The summed E-state index contributed by atoms with van der Waals surface area (Å²) in [6, 6.07) is -1.71. The van der Waals surface area contributed by atoms with Gasteiger partial charge in [-0.15, -0.1) is 0 Å². The van der Waals surface area contributed by atoms with Gasteiger partial charge in [0.1, 0.15) is 0 Å². The van der Waals surface area contributed by atoms with Gasteiger partial charge in [0.05, 0.1) is 6.10 Å². The first-order chi connectivity index (χ1) is 8.00. The van der Waals surface area contributed by atoms with Crippen molar-refractivity contribution in [3.63, 3.8) is 0 Å². The number of hydrogen-bond donors (Lipinski definition) is 4. The van der Waals surface area contributed by atoms with E-state index < -0.39 is 24.1 Å². The molecule has 4 N–H and O–H groups in total. The smallest absolute Gasteiger partial charge is 0.328 e. The van der Waals surface area contributed by atoms with Crippen LogP contribution >= 0.6 is 11.8 Å². The summed E-state index contributed by atoms with van der Waals surface area (Å²) in [7, 11) is 0. The summed E-state index contributed by atoms with van der Waals surface area (Å²) in [4.78, 5) is 22.3. The van der Waals surface area contributed by atoms with Gasteiger partial charge in [-0.3, -0.25) is 0 Å².